The summed E-state index contributed by atoms with van der Waals surface area (Å²) in [7, 11) is 0. The van der Waals surface area contributed by atoms with Crippen molar-refractivity contribution >= 4 is 11.9 Å². The largest absolute Gasteiger partial charge is 0.443 e. The van der Waals surface area contributed by atoms with E-state index in [0.29, 0.717) is 6.54 Å². The van der Waals surface area contributed by atoms with Gasteiger partial charge < -0.3 is 10.1 Å². The minimum absolute atomic E-state index is 0.258. The van der Waals surface area contributed by atoms with E-state index in [-0.39, 0.29) is 12.1 Å². The number of hydrogen-bond acceptors (Lipinski definition) is 4. The maximum Gasteiger partial charge on any atom is 0.416 e. The molecular formula is C19H31N3O2. The van der Waals surface area contributed by atoms with Crippen LogP contribution in [-0.2, 0) is 4.74 Å². The molecule has 1 fully saturated rings. The highest BCUT2D eigenvalue weighted by Gasteiger charge is 2.28. The summed E-state index contributed by atoms with van der Waals surface area (Å²) in [6.45, 7) is 9.44. The Morgan fingerprint density at radius 3 is 2.83 bits per heavy atom. The van der Waals surface area contributed by atoms with Crippen molar-refractivity contribution in [3.05, 3.63) is 23.9 Å². The van der Waals surface area contributed by atoms with Crippen LogP contribution in [0.15, 0.2) is 18.3 Å². The number of anilines is 1. The molecule has 24 heavy (non-hydrogen) atoms. The summed E-state index contributed by atoms with van der Waals surface area (Å²) in [6, 6.07) is 4.28. The minimum atomic E-state index is -0.514. The minimum Gasteiger partial charge on any atom is -0.443 e. The molecule has 1 aliphatic rings. The van der Waals surface area contributed by atoms with E-state index in [9.17, 15) is 4.79 Å². The molecule has 1 atom stereocenters. The van der Waals surface area contributed by atoms with Gasteiger partial charge in [-0.2, -0.15) is 0 Å². The van der Waals surface area contributed by atoms with E-state index >= 15 is 0 Å². The molecule has 5 heteroatoms. The Labute approximate surface area is 145 Å². The topological polar surface area (TPSA) is 54.5 Å². The highest BCUT2D eigenvalue weighted by Crippen LogP contribution is 2.30. The molecule has 5 nitrogen and oxygen atoms in total. The lowest BCUT2D eigenvalue weighted by molar-refractivity contribution is 0.0578. The van der Waals surface area contributed by atoms with Gasteiger partial charge in [0.05, 0.1) is 0 Å². The monoisotopic (exact) mass is 333 g/mol. The number of carbonyl (C=O) groups excluding carboxylic acids is 1. The summed E-state index contributed by atoms with van der Waals surface area (Å²) >= 11 is 0. The number of rotatable bonds is 5. The van der Waals surface area contributed by atoms with Crippen LogP contribution in [0.3, 0.4) is 0 Å². The molecule has 1 N–H and O–H groups in total. The first-order valence-electron chi connectivity index (χ1n) is 9.11. The molecule has 0 unspecified atom stereocenters. The molecule has 0 radical (unpaired) electrons. The Kier molecular flexibility index (Phi) is 6.60. The third-order valence-corrected chi connectivity index (χ3v) is 4.11. The van der Waals surface area contributed by atoms with Gasteiger partial charge in [0.15, 0.2) is 0 Å². The highest BCUT2D eigenvalue weighted by atomic mass is 16.6. The SMILES string of the molecule is CCCCN(C(=O)OC(C)(C)C)c1ncccc1[C@@H]1CCCCN1. The molecule has 1 aliphatic heterocycles. The van der Waals surface area contributed by atoms with Gasteiger partial charge in [0.1, 0.15) is 11.4 Å². The average Bonchev–Trinajstić information content (AvgIpc) is 2.55. The molecule has 1 aromatic rings. The summed E-state index contributed by atoms with van der Waals surface area (Å²) < 4.78 is 5.62. The number of nitrogens with zero attached hydrogens (tertiary/aromatic N) is 2. The molecule has 1 aromatic heterocycles. The fraction of sp³-hybridized carbons (Fsp3) is 0.684. The van der Waals surface area contributed by atoms with Crippen LogP contribution >= 0.6 is 0 Å². The van der Waals surface area contributed by atoms with E-state index in [1.54, 1.807) is 11.1 Å². The van der Waals surface area contributed by atoms with E-state index in [1.807, 2.05) is 26.8 Å². The fourth-order valence-electron chi connectivity index (χ4n) is 2.94. The van der Waals surface area contributed by atoms with Gasteiger partial charge in [-0.15, -0.1) is 0 Å². The van der Waals surface area contributed by atoms with Gasteiger partial charge in [0.2, 0.25) is 0 Å². The van der Waals surface area contributed by atoms with E-state index in [1.165, 1.54) is 12.8 Å². The van der Waals surface area contributed by atoms with Crippen LogP contribution < -0.4 is 10.2 Å². The van der Waals surface area contributed by atoms with Gasteiger partial charge >= 0.3 is 6.09 Å². The number of hydrogen-bond donors (Lipinski definition) is 1. The number of piperidine rings is 1. The van der Waals surface area contributed by atoms with Gasteiger partial charge in [0, 0.05) is 24.3 Å². The van der Waals surface area contributed by atoms with E-state index in [0.717, 1.165) is 37.2 Å². The second-order valence-electron chi connectivity index (χ2n) is 7.40. The summed E-state index contributed by atoms with van der Waals surface area (Å²) in [6.07, 6.45) is 6.87. The van der Waals surface area contributed by atoms with E-state index < -0.39 is 5.60 Å². The van der Waals surface area contributed by atoms with Crippen LogP contribution in [0.1, 0.15) is 71.4 Å². The predicted molar refractivity (Wildman–Crippen MR) is 97.3 cm³/mol. The first kappa shape index (κ1) is 18.7. The van der Waals surface area contributed by atoms with E-state index in [2.05, 4.69) is 23.3 Å². The van der Waals surface area contributed by atoms with Crippen molar-refractivity contribution in [2.24, 2.45) is 0 Å². The van der Waals surface area contributed by atoms with Crippen LogP contribution in [0.25, 0.3) is 0 Å². The molecular weight excluding hydrogens is 302 g/mol. The number of amides is 1. The van der Waals surface area contributed by atoms with Crippen LogP contribution in [0, 0.1) is 0 Å². The number of nitrogens with one attached hydrogen (secondary N) is 1. The normalized spacial score (nSPS) is 18.2. The Morgan fingerprint density at radius 1 is 1.42 bits per heavy atom. The van der Waals surface area contributed by atoms with Crippen molar-refractivity contribution < 1.29 is 9.53 Å². The predicted octanol–water partition coefficient (Wildman–Crippen LogP) is 4.44. The van der Waals surface area contributed by atoms with Gasteiger partial charge in [-0.25, -0.2) is 9.78 Å². The molecule has 0 aliphatic carbocycles. The highest BCUT2D eigenvalue weighted by molar-refractivity contribution is 5.87. The maximum atomic E-state index is 12.7. The number of aromatic nitrogens is 1. The Bertz CT molecular complexity index is 534. The lowest BCUT2D eigenvalue weighted by Gasteiger charge is -2.31. The maximum absolute atomic E-state index is 12.7. The smallest absolute Gasteiger partial charge is 0.416 e. The van der Waals surface area contributed by atoms with Crippen LogP contribution in [0.2, 0.25) is 0 Å². The third-order valence-electron chi connectivity index (χ3n) is 4.11. The zero-order valence-corrected chi connectivity index (χ0v) is 15.5. The average molecular weight is 333 g/mol. The molecule has 0 aromatic carbocycles. The van der Waals surface area contributed by atoms with Crippen LogP contribution in [-0.4, -0.2) is 29.8 Å². The first-order valence-corrected chi connectivity index (χ1v) is 9.11. The number of carbonyl (C=O) groups is 1. The standard InChI is InChI=1S/C19H31N3O2/c1-5-6-14-22(18(23)24-19(2,3)4)17-15(10-9-13-21-17)16-11-7-8-12-20-16/h9-10,13,16,20H,5-8,11-12,14H2,1-4H3/t16-/m0/s1. The van der Waals surface area contributed by atoms with Crippen molar-refractivity contribution in [1.29, 1.82) is 0 Å². The molecule has 2 heterocycles. The Balaban J connectivity index is 2.29. The summed E-state index contributed by atoms with van der Waals surface area (Å²) in [4.78, 5) is 19.0. The van der Waals surface area contributed by atoms with Gasteiger partial charge in [-0.1, -0.05) is 25.8 Å². The van der Waals surface area contributed by atoms with Crippen molar-refractivity contribution in [2.45, 2.75) is 71.4 Å². The number of pyridine rings is 1. The molecule has 1 amide bonds. The van der Waals surface area contributed by atoms with Crippen molar-refractivity contribution in [1.82, 2.24) is 10.3 Å². The van der Waals surface area contributed by atoms with Crippen molar-refractivity contribution in [3.63, 3.8) is 0 Å². The molecule has 134 valence electrons. The van der Waals surface area contributed by atoms with Gasteiger partial charge in [0.25, 0.3) is 0 Å². The summed E-state index contributed by atoms with van der Waals surface area (Å²) in [5, 5.41) is 3.56. The number of ether oxygens (including phenoxy) is 1. The molecule has 0 saturated carbocycles. The summed E-state index contributed by atoms with van der Waals surface area (Å²) in [5.74, 6) is 0.736. The van der Waals surface area contributed by atoms with E-state index in [4.69, 9.17) is 4.74 Å². The lowest BCUT2D eigenvalue weighted by Crippen LogP contribution is -2.39. The third kappa shape index (κ3) is 5.20. The second-order valence-corrected chi connectivity index (χ2v) is 7.40. The molecule has 0 bridgehead atoms. The molecule has 0 spiro atoms. The quantitative estimate of drug-likeness (QED) is 0.865. The first-order chi connectivity index (χ1) is 11.4. The van der Waals surface area contributed by atoms with Crippen LogP contribution in [0.4, 0.5) is 10.6 Å². The fourth-order valence-corrected chi connectivity index (χ4v) is 2.94. The second kappa shape index (κ2) is 8.47. The molecule has 2 rings (SSSR count). The Hall–Kier alpha value is -1.62. The van der Waals surface area contributed by atoms with Crippen LogP contribution in [0.5, 0.6) is 0 Å². The Morgan fingerprint density at radius 2 is 2.21 bits per heavy atom. The van der Waals surface area contributed by atoms with Crippen molar-refractivity contribution in [3.8, 4) is 0 Å². The van der Waals surface area contributed by atoms with Crippen molar-refractivity contribution in [2.75, 3.05) is 18.0 Å². The zero-order chi connectivity index (χ0) is 17.6. The number of unbranched alkanes of at least 4 members (excludes halogenated alkanes) is 1. The zero-order valence-electron chi connectivity index (χ0n) is 15.5. The molecule has 1 saturated heterocycles. The van der Waals surface area contributed by atoms with Gasteiger partial charge in [-0.3, -0.25) is 4.90 Å². The lowest BCUT2D eigenvalue weighted by atomic mass is 9.97. The van der Waals surface area contributed by atoms with Gasteiger partial charge in [-0.05, 0) is 52.6 Å². The summed E-state index contributed by atoms with van der Waals surface area (Å²) in [5.41, 5.74) is 0.582.